The molecule has 2 N–H and O–H groups in total. The lowest BCUT2D eigenvalue weighted by molar-refractivity contribution is -0.376. The minimum absolute atomic E-state index is 0.00871. The molecule has 3 aromatic carbocycles. The first-order chi connectivity index (χ1) is 22.2. The third kappa shape index (κ3) is 6.42. The molecule has 0 saturated carbocycles. The minimum Gasteiger partial charge on any atom is -0.493 e. The van der Waals surface area contributed by atoms with Crippen LogP contribution in [0.4, 0.5) is 31.1 Å². The predicted molar refractivity (Wildman–Crippen MR) is 156 cm³/mol. The van der Waals surface area contributed by atoms with Gasteiger partial charge in [-0.15, -0.1) is 0 Å². The highest BCUT2D eigenvalue weighted by atomic mass is 19.4. The Hall–Kier alpha value is -4.46. The van der Waals surface area contributed by atoms with Crippen LogP contribution < -0.4 is 19.5 Å². The molecule has 2 aliphatic rings. The van der Waals surface area contributed by atoms with Crippen LogP contribution in [-0.2, 0) is 28.8 Å². The van der Waals surface area contributed by atoms with Gasteiger partial charge >= 0.3 is 18.4 Å². The number of imide groups is 1. The van der Waals surface area contributed by atoms with Crippen molar-refractivity contribution in [1.29, 1.82) is 0 Å². The average molecular weight is 667 g/mol. The summed E-state index contributed by atoms with van der Waals surface area (Å²) in [6.45, 7) is 1.86. The number of hydrogen-bond donors (Lipinski definition) is 2. The van der Waals surface area contributed by atoms with Gasteiger partial charge in [0.2, 0.25) is 6.79 Å². The van der Waals surface area contributed by atoms with Crippen LogP contribution in [0.3, 0.4) is 0 Å². The number of hydrogen-bond acceptors (Lipinski definition) is 6. The number of carbonyl (C=O) groups excluding carboxylic acids is 2. The standard InChI is InChI=1S/C33H32F6N2O6/c1-2-30(23-12-15-26-27(19-23)47-20-46-26)28(42)41(29(43)40-30)16-6-7-17-45-25-14-13-24(31(44,32(34,35)36)33(37,38)39)18-22(25)11-10-21-8-4-3-5-9-21/h3-5,8-9,12-15,18-19,44H,2,6-7,10-11,16-17,20H2,1H3,(H,40,43). The van der Waals surface area contributed by atoms with Crippen LogP contribution in [0.1, 0.15) is 48.4 Å². The Morgan fingerprint density at radius 1 is 0.894 bits per heavy atom. The molecule has 5 rings (SSSR count). The molecule has 0 aliphatic carbocycles. The molecule has 3 aromatic rings. The van der Waals surface area contributed by atoms with Gasteiger partial charge in [-0.3, -0.25) is 9.69 Å². The number of nitrogens with one attached hydrogen (secondary N) is 1. The molecule has 0 bridgehead atoms. The van der Waals surface area contributed by atoms with Gasteiger partial charge in [-0.1, -0.05) is 49.4 Å². The Bertz CT molecular complexity index is 1600. The number of nitrogens with zero attached hydrogens (tertiary/aromatic N) is 1. The fourth-order valence-electron chi connectivity index (χ4n) is 5.74. The summed E-state index contributed by atoms with van der Waals surface area (Å²) >= 11 is 0. The molecular formula is C33H32F6N2O6. The van der Waals surface area contributed by atoms with Gasteiger partial charge < -0.3 is 24.6 Å². The molecule has 1 fully saturated rings. The van der Waals surface area contributed by atoms with Crippen LogP contribution >= 0.6 is 0 Å². The lowest BCUT2D eigenvalue weighted by Gasteiger charge is -2.33. The van der Waals surface area contributed by atoms with Crippen molar-refractivity contribution >= 4 is 11.9 Å². The first kappa shape index (κ1) is 33.9. The molecule has 47 heavy (non-hydrogen) atoms. The molecule has 14 heteroatoms. The van der Waals surface area contributed by atoms with E-state index in [0.717, 1.165) is 16.5 Å². The summed E-state index contributed by atoms with van der Waals surface area (Å²) in [4.78, 5) is 27.5. The summed E-state index contributed by atoms with van der Waals surface area (Å²) < 4.78 is 98.1. The second kappa shape index (κ2) is 13.0. The number of benzene rings is 3. The number of carbonyl (C=O) groups is 2. The number of urea groups is 1. The number of ether oxygens (including phenoxy) is 3. The molecule has 252 valence electrons. The summed E-state index contributed by atoms with van der Waals surface area (Å²) in [5, 5.41) is 12.7. The number of aliphatic hydroxyl groups is 1. The molecule has 2 aliphatic heterocycles. The lowest BCUT2D eigenvalue weighted by atomic mass is 9.87. The number of halogens is 6. The third-order valence-corrected chi connectivity index (χ3v) is 8.43. The highest BCUT2D eigenvalue weighted by molar-refractivity contribution is 6.07. The van der Waals surface area contributed by atoms with E-state index in [4.69, 9.17) is 14.2 Å². The Kier molecular flexibility index (Phi) is 9.36. The Balaban J connectivity index is 1.26. The van der Waals surface area contributed by atoms with Gasteiger partial charge in [-0.25, -0.2) is 4.79 Å². The first-order valence-corrected chi connectivity index (χ1v) is 14.9. The van der Waals surface area contributed by atoms with E-state index in [1.165, 1.54) is 0 Å². The van der Waals surface area contributed by atoms with Crippen LogP contribution in [0.2, 0.25) is 0 Å². The first-order valence-electron chi connectivity index (χ1n) is 14.9. The number of rotatable bonds is 12. The zero-order chi connectivity index (χ0) is 34.0. The Labute approximate surface area is 266 Å². The van der Waals surface area contributed by atoms with Crippen molar-refractivity contribution < 1.29 is 55.2 Å². The van der Waals surface area contributed by atoms with Crippen molar-refractivity contribution in [3.63, 3.8) is 0 Å². The summed E-state index contributed by atoms with van der Waals surface area (Å²) in [5.41, 5.74) is -6.35. The monoisotopic (exact) mass is 666 g/mol. The van der Waals surface area contributed by atoms with E-state index in [1.807, 2.05) is 0 Å². The third-order valence-electron chi connectivity index (χ3n) is 8.43. The van der Waals surface area contributed by atoms with Gasteiger partial charge in [0.05, 0.1) is 6.61 Å². The van der Waals surface area contributed by atoms with Crippen molar-refractivity contribution in [3.05, 3.63) is 89.0 Å². The summed E-state index contributed by atoms with van der Waals surface area (Å²) in [6.07, 6.45) is -10.9. The summed E-state index contributed by atoms with van der Waals surface area (Å²) in [6, 6.07) is 15.5. The highest BCUT2D eigenvalue weighted by Gasteiger charge is 2.71. The highest BCUT2D eigenvalue weighted by Crippen LogP contribution is 2.50. The second-order valence-electron chi connectivity index (χ2n) is 11.3. The van der Waals surface area contributed by atoms with Crippen molar-refractivity contribution in [1.82, 2.24) is 10.2 Å². The Morgan fingerprint density at radius 2 is 1.60 bits per heavy atom. The van der Waals surface area contributed by atoms with Crippen molar-refractivity contribution in [2.45, 2.75) is 62.5 Å². The number of amides is 3. The van der Waals surface area contributed by atoms with Gasteiger partial charge in [0.1, 0.15) is 11.3 Å². The molecule has 0 spiro atoms. The van der Waals surface area contributed by atoms with Crippen molar-refractivity contribution in [3.8, 4) is 17.2 Å². The molecular weight excluding hydrogens is 634 g/mol. The van der Waals surface area contributed by atoms with Crippen molar-refractivity contribution in [2.24, 2.45) is 0 Å². The van der Waals surface area contributed by atoms with Gasteiger partial charge in [0, 0.05) is 12.1 Å². The molecule has 1 saturated heterocycles. The molecule has 0 aromatic heterocycles. The zero-order valence-electron chi connectivity index (χ0n) is 25.2. The van der Waals surface area contributed by atoms with E-state index < -0.39 is 41.0 Å². The quantitative estimate of drug-likeness (QED) is 0.130. The largest absolute Gasteiger partial charge is 0.493 e. The zero-order valence-corrected chi connectivity index (χ0v) is 25.2. The second-order valence-corrected chi connectivity index (χ2v) is 11.3. The fraction of sp³-hybridized carbons (Fsp3) is 0.394. The van der Waals surface area contributed by atoms with E-state index in [0.29, 0.717) is 42.0 Å². The molecule has 8 nitrogen and oxygen atoms in total. The Morgan fingerprint density at radius 3 is 2.28 bits per heavy atom. The molecule has 1 atom stereocenters. The van der Waals surface area contributed by atoms with Gasteiger partial charge in [-0.2, -0.15) is 26.3 Å². The molecule has 3 amide bonds. The topological polar surface area (TPSA) is 97.3 Å². The van der Waals surface area contributed by atoms with Crippen LogP contribution in [-0.4, -0.2) is 54.2 Å². The predicted octanol–water partition coefficient (Wildman–Crippen LogP) is 6.53. The van der Waals surface area contributed by atoms with E-state index in [9.17, 15) is 41.0 Å². The summed E-state index contributed by atoms with van der Waals surface area (Å²) in [5.74, 6) is 0.609. The van der Waals surface area contributed by atoms with Crippen LogP contribution in [0.15, 0.2) is 66.7 Å². The normalized spacial score (nSPS) is 18.1. The molecule has 0 radical (unpaired) electrons. The molecule has 2 heterocycles. The van der Waals surface area contributed by atoms with E-state index in [2.05, 4.69) is 5.32 Å². The summed E-state index contributed by atoms with van der Waals surface area (Å²) in [7, 11) is 0. The van der Waals surface area contributed by atoms with E-state index in [1.54, 1.807) is 55.5 Å². The van der Waals surface area contributed by atoms with Gasteiger partial charge in [0.15, 0.2) is 11.5 Å². The SMILES string of the molecule is CCC1(c2ccc3c(c2)OCO3)NC(=O)N(CCCCOc2ccc(C(O)(C(F)(F)F)C(F)(F)F)cc2CCc2ccccc2)C1=O. The van der Waals surface area contributed by atoms with E-state index in [-0.39, 0.29) is 50.5 Å². The average Bonchev–Trinajstić information content (AvgIpc) is 3.60. The number of aryl methyl sites for hydroxylation is 2. The fourth-order valence-corrected chi connectivity index (χ4v) is 5.74. The maximum Gasteiger partial charge on any atom is 0.430 e. The number of unbranched alkanes of at least 4 members (excludes halogenated alkanes) is 1. The van der Waals surface area contributed by atoms with Gasteiger partial charge in [0.25, 0.3) is 11.5 Å². The van der Waals surface area contributed by atoms with Gasteiger partial charge in [-0.05, 0) is 73.1 Å². The van der Waals surface area contributed by atoms with Crippen LogP contribution in [0, 0.1) is 0 Å². The van der Waals surface area contributed by atoms with E-state index >= 15 is 0 Å². The maximum absolute atomic E-state index is 13.6. The van der Waals surface area contributed by atoms with Crippen LogP contribution in [0.25, 0.3) is 0 Å². The lowest BCUT2D eigenvalue weighted by Crippen LogP contribution is -2.53. The smallest absolute Gasteiger partial charge is 0.430 e. The maximum atomic E-state index is 13.6. The molecule has 1 unspecified atom stereocenters. The van der Waals surface area contributed by atoms with Crippen molar-refractivity contribution in [2.75, 3.05) is 19.9 Å². The minimum atomic E-state index is -6.03. The number of fused-ring (bicyclic) bond motifs is 1. The number of alkyl halides is 6. The van der Waals surface area contributed by atoms with Crippen LogP contribution in [0.5, 0.6) is 17.2 Å².